The van der Waals surface area contributed by atoms with Crippen molar-refractivity contribution in [1.82, 2.24) is 4.90 Å². The summed E-state index contributed by atoms with van der Waals surface area (Å²) in [5.41, 5.74) is 0.600. The van der Waals surface area contributed by atoms with Gasteiger partial charge in [-0.3, -0.25) is 4.79 Å². The van der Waals surface area contributed by atoms with Crippen molar-refractivity contribution in [3.63, 3.8) is 0 Å². The van der Waals surface area contributed by atoms with Crippen molar-refractivity contribution in [2.24, 2.45) is 0 Å². The smallest absolute Gasteiger partial charge is 0.407 e. The fourth-order valence-electron chi connectivity index (χ4n) is 3.98. The maximum atomic E-state index is 13.6. The molecular formula is C21H23ClN2O5. The number of rotatable bonds is 6. The van der Waals surface area contributed by atoms with Crippen LogP contribution in [0.25, 0.3) is 0 Å². The number of benzene rings is 2. The fourth-order valence-corrected chi connectivity index (χ4v) is 4.15. The van der Waals surface area contributed by atoms with Crippen LogP contribution in [0.2, 0.25) is 5.02 Å². The summed E-state index contributed by atoms with van der Waals surface area (Å²) in [7, 11) is 2.86. The number of carbonyl (C=O) groups is 2. The van der Waals surface area contributed by atoms with Crippen LogP contribution in [0.1, 0.15) is 18.1 Å². The van der Waals surface area contributed by atoms with Gasteiger partial charge in [-0.05, 0) is 48.7 Å². The highest BCUT2D eigenvalue weighted by Gasteiger charge is 2.52. The van der Waals surface area contributed by atoms with E-state index in [2.05, 4.69) is 0 Å². The quantitative estimate of drug-likeness (QED) is 0.749. The van der Waals surface area contributed by atoms with Crippen LogP contribution in [0.3, 0.4) is 0 Å². The van der Waals surface area contributed by atoms with Crippen molar-refractivity contribution in [3.8, 4) is 11.5 Å². The standard InChI is InChI=1S/C21H23ClN2O5/c1-4-24-16-9-8-14(22)10-15(16)21(19(24)26,12-23(2)20(27)28)11-13-6-5-7-17(29-3)18(13)25/h5-10,25H,4,11-12H2,1-3H3,(H,27,28). The molecule has 0 saturated heterocycles. The number of phenols is 1. The Balaban J connectivity index is 2.21. The van der Waals surface area contributed by atoms with Gasteiger partial charge < -0.3 is 24.7 Å². The number of fused-ring (bicyclic) bond motifs is 1. The van der Waals surface area contributed by atoms with Gasteiger partial charge in [0, 0.05) is 30.8 Å². The SMILES string of the molecule is CCN1C(=O)C(Cc2cccc(OC)c2O)(CN(C)C(=O)O)c2cc(Cl)ccc21. The lowest BCUT2D eigenvalue weighted by molar-refractivity contribution is -0.123. The minimum Gasteiger partial charge on any atom is -0.504 e. The summed E-state index contributed by atoms with van der Waals surface area (Å²) in [5, 5.41) is 20.5. The van der Waals surface area contributed by atoms with Crippen molar-refractivity contribution < 1.29 is 24.5 Å². The summed E-state index contributed by atoms with van der Waals surface area (Å²) in [6, 6.07) is 10.2. The van der Waals surface area contributed by atoms with E-state index in [9.17, 15) is 19.8 Å². The Kier molecular flexibility index (Phi) is 5.61. The molecule has 0 spiro atoms. The lowest BCUT2D eigenvalue weighted by Gasteiger charge is -2.32. The minimum atomic E-state index is -1.23. The van der Waals surface area contributed by atoms with Gasteiger partial charge in [-0.25, -0.2) is 4.79 Å². The Morgan fingerprint density at radius 1 is 1.31 bits per heavy atom. The molecule has 0 fully saturated rings. The Morgan fingerprint density at radius 2 is 2.03 bits per heavy atom. The summed E-state index contributed by atoms with van der Waals surface area (Å²) in [6.07, 6.45) is -1.05. The predicted octanol–water partition coefficient (Wildman–Crippen LogP) is 3.51. The first-order chi connectivity index (χ1) is 13.7. The van der Waals surface area contributed by atoms with Gasteiger partial charge in [0.1, 0.15) is 0 Å². The molecule has 1 heterocycles. The summed E-state index contributed by atoms with van der Waals surface area (Å²) in [6.45, 7) is 2.20. The largest absolute Gasteiger partial charge is 0.504 e. The van der Waals surface area contributed by atoms with Crippen molar-refractivity contribution in [1.29, 1.82) is 0 Å². The van der Waals surface area contributed by atoms with Gasteiger partial charge in [-0.15, -0.1) is 0 Å². The number of carboxylic acid groups (broad SMARTS) is 1. The minimum absolute atomic E-state index is 0.0707. The Hall–Kier alpha value is -2.93. The van der Waals surface area contributed by atoms with Crippen LogP contribution in [0.15, 0.2) is 36.4 Å². The normalized spacial score (nSPS) is 17.9. The zero-order chi connectivity index (χ0) is 21.3. The zero-order valence-corrected chi connectivity index (χ0v) is 17.2. The molecule has 3 rings (SSSR count). The Labute approximate surface area is 174 Å². The molecular weight excluding hydrogens is 396 g/mol. The molecule has 7 nitrogen and oxygen atoms in total. The Morgan fingerprint density at radius 3 is 2.66 bits per heavy atom. The third-order valence-corrected chi connectivity index (χ3v) is 5.60. The summed E-state index contributed by atoms with van der Waals surface area (Å²) >= 11 is 6.24. The molecule has 2 aromatic rings. The van der Waals surface area contributed by atoms with Gasteiger partial charge in [-0.1, -0.05) is 23.7 Å². The van der Waals surface area contributed by atoms with Gasteiger partial charge >= 0.3 is 6.09 Å². The number of ether oxygens (including phenoxy) is 1. The van der Waals surface area contributed by atoms with Crippen molar-refractivity contribution >= 4 is 29.3 Å². The summed E-state index contributed by atoms with van der Waals surface area (Å²) in [5.74, 6) is -0.0142. The molecule has 1 atom stereocenters. The highest BCUT2D eigenvalue weighted by molar-refractivity contribution is 6.31. The molecule has 29 heavy (non-hydrogen) atoms. The van der Waals surface area contributed by atoms with E-state index in [1.807, 2.05) is 6.92 Å². The zero-order valence-electron chi connectivity index (χ0n) is 16.5. The molecule has 0 saturated carbocycles. The lowest BCUT2D eigenvalue weighted by Crippen LogP contribution is -2.50. The summed E-state index contributed by atoms with van der Waals surface area (Å²) < 4.78 is 5.19. The predicted molar refractivity (Wildman–Crippen MR) is 110 cm³/mol. The summed E-state index contributed by atoms with van der Waals surface area (Å²) in [4.78, 5) is 27.9. The number of methoxy groups -OCH3 is 1. The molecule has 8 heteroatoms. The number of halogens is 1. The van der Waals surface area contributed by atoms with E-state index >= 15 is 0 Å². The highest BCUT2D eigenvalue weighted by atomic mass is 35.5. The van der Waals surface area contributed by atoms with Crippen molar-refractivity contribution in [2.75, 3.05) is 32.1 Å². The molecule has 2 N–H and O–H groups in total. The number of phenolic OH excluding ortho intramolecular Hbond substituents is 1. The lowest BCUT2D eigenvalue weighted by atomic mass is 9.75. The molecule has 0 radical (unpaired) electrons. The van der Waals surface area contributed by atoms with Gasteiger partial charge in [-0.2, -0.15) is 0 Å². The molecule has 0 aromatic heterocycles. The number of amides is 2. The Bertz CT molecular complexity index is 964. The molecule has 0 aliphatic carbocycles. The van der Waals surface area contributed by atoms with E-state index < -0.39 is 11.5 Å². The number of para-hydroxylation sites is 1. The molecule has 2 amide bonds. The van der Waals surface area contributed by atoms with Crippen LogP contribution in [-0.2, 0) is 16.6 Å². The monoisotopic (exact) mass is 418 g/mol. The van der Waals surface area contributed by atoms with Crippen LogP contribution in [0, 0.1) is 0 Å². The second-order valence-corrected chi connectivity index (χ2v) is 7.51. The first kappa shape index (κ1) is 20.8. The van der Waals surface area contributed by atoms with E-state index in [1.54, 1.807) is 41.3 Å². The maximum Gasteiger partial charge on any atom is 0.407 e. The number of nitrogens with zero attached hydrogens (tertiary/aromatic N) is 2. The average Bonchev–Trinajstić information content (AvgIpc) is 2.91. The molecule has 1 aliphatic rings. The van der Waals surface area contributed by atoms with Crippen LogP contribution in [0.5, 0.6) is 11.5 Å². The van der Waals surface area contributed by atoms with Gasteiger partial charge in [0.2, 0.25) is 5.91 Å². The van der Waals surface area contributed by atoms with Crippen LogP contribution in [0.4, 0.5) is 10.5 Å². The van der Waals surface area contributed by atoms with E-state index in [1.165, 1.54) is 14.2 Å². The first-order valence-corrected chi connectivity index (χ1v) is 9.54. The number of carbonyl (C=O) groups excluding carboxylic acids is 1. The first-order valence-electron chi connectivity index (χ1n) is 9.16. The molecule has 154 valence electrons. The van der Waals surface area contributed by atoms with Gasteiger partial charge in [0.05, 0.1) is 12.5 Å². The highest BCUT2D eigenvalue weighted by Crippen LogP contribution is 2.47. The average molecular weight is 419 g/mol. The molecule has 2 aromatic carbocycles. The van der Waals surface area contributed by atoms with Gasteiger partial charge in [0.15, 0.2) is 11.5 Å². The van der Waals surface area contributed by atoms with Crippen LogP contribution >= 0.6 is 11.6 Å². The van der Waals surface area contributed by atoms with E-state index in [0.717, 1.165) is 4.90 Å². The number of anilines is 1. The molecule has 0 bridgehead atoms. The van der Waals surface area contributed by atoms with E-state index in [4.69, 9.17) is 16.3 Å². The maximum absolute atomic E-state index is 13.6. The third kappa shape index (κ3) is 3.46. The van der Waals surface area contributed by atoms with Crippen LogP contribution < -0.4 is 9.64 Å². The fraction of sp³-hybridized carbons (Fsp3) is 0.333. The van der Waals surface area contributed by atoms with E-state index in [-0.39, 0.29) is 30.4 Å². The van der Waals surface area contributed by atoms with Crippen molar-refractivity contribution in [2.45, 2.75) is 18.8 Å². The van der Waals surface area contributed by atoms with Crippen molar-refractivity contribution in [3.05, 3.63) is 52.5 Å². The third-order valence-electron chi connectivity index (χ3n) is 5.36. The second kappa shape index (κ2) is 7.83. The number of likely N-dealkylation sites (N-methyl/N-ethyl adjacent to an activating group) is 2. The van der Waals surface area contributed by atoms with Crippen LogP contribution in [-0.4, -0.2) is 54.4 Å². The molecule has 1 aliphatic heterocycles. The topological polar surface area (TPSA) is 90.3 Å². The number of hydrogen-bond acceptors (Lipinski definition) is 4. The molecule has 1 unspecified atom stereocenters. The van der Waals surface area contributed by atoms with Gasteiger partial charge in [0.25, 0.3) is 0 Å². The second-order valence-electron chi connectivity index (χ2n) is 7.08. The number of hydrogen-bond donors (Lipinski definition) is 2. The number of aromatic hydroxyl groups is 1. The van der Waals surface area contributed by atoms with E-state index in [0.29, 0.717) is 28.4 Å².